The number of non-ortho nitro benzene ring substituents is 1. The van der Waals surface area contributed by atoms with Crippen molar-refractivity contribution in [3.8, 4) is 10.6 Å². The van der Waals surface area contributed by atoms with Gasteiger partial charge in [-0.2, -0.15) is 0 Å². The number of carbonyl (C=O) groups excluding carboxylic acids is 1. The maximum Gasteiger partial charge on any atom is 0.273 e. The summed E-state index contributed by atoms with van der Waals surface area (Å²) < 4.78 is 0. The number of nitro groups is 1. The Morgan fingerprint density at radius 1 is 1.35 bits per heavy atom. The van der Waals surface area contributed by atoms with Crippen LogP contribution in [0.4, 0.5) is 5.69 Å². The van der Waals surface area contributed by atoms with Crippen LogP contribution in [0.25, 0.3) is 10.6 Å². The van der Waals surface area contributed by atoms with Crippen LogP contribution in [0, 0.1) is 16.0 Å². The predicted octanol–water partition coefficient (Wildman–Crippen LogP) is 3.18. The number of benzene rings is 1. The third-order valence-electron chi connectivity index (χ3n) is 4.63. The highest BCUT2D eigenvalue weighted by Crippen LogP contribution is 2.27. The smallest absolute Gasteiger partial charge is 0.273 e. The average Bonchev–Trinajstić information content (AvgIpc) is 3.16. The molecular formula is C18H22N4O3S. The lowest BCUT2D eigenvalue weighted by molar-refractivity contribution is -0.384. The third-order valence-corrected chi connectivity index (χ3v) is 5.52. The normalized spacial score (nSPS) is 15.2. The van der Waals surface area contributed by atoms with Crippen LogP contribution < -0.4 is 5.32 Å². The highest BCUT2D eigenvalue weighted by Gasteiger charge is 2.25. The fourth-order valence-electron chi connectivity index (χ4n) is 3.08. The van der Waals surface area contributed by atoms with Gasteiger partial charge < -0.3 is 10.2 Å². The Kier molecular flexibility index (Phi) is 5.95. The van der Waals surface area contributed by atoms with Gasteiger partial charge in [-0.25, -0.2) is 4.98 Å². The Balaban J connectivity index is 1.62. The summed E-state index contributed by atoms with van der Waals surface area (Å²) >= 11 is 1.38. The summed E-state index contributed by atoms with van der Waals surface area (Å²) in [5, 5.41) is 16.6. The SMILES string of the molecule is CCNCC1CCN(C(=O)c2csc(-c3ccc([N+](=O)[O-])cc3)n2)CC1. The second-order valence-electron chi connectivity index (χ2n) is 6.39. The molecule has 2 aromatic rings. The second kappa shape index (κ2) is 8.37. The minimum atomic E-state index is -0.430. The number of rotatable bonds is 6. The van der Waals surface area contributed by atoms with Crippen LogP contribution in [0.1, 0.15) is 30.3 Å². The Morgan fingerprint density at radius 2 is 2.04 bits per heavy atom. The number of hydrogen-bond donors (Lipinski definition) is 1. The van der Waals surface area contributed by atoms with Gasteiger partial charge >= 0.3 is 0 Å². The van der Waals surface area contributed by atoms with E-state index in [1.807, 2.05) is 4.90 Å². The monoisotopic (exact) mass is 374 g/mol. The lowest BCUT2D eigenvalue weighted by Gasteiger charge is -2.31. The Labute approximate surface area is 156 Å². The van der Waals surface area contributed by atoms with E-state index in [1.165, 1.54) is 23.5 Å². The van der Waals surface area contributed by atoms with Crippen molar-refractivity contribution in [3.63, 3.8) is 0 Å². The first-order chi connectivity index (χ1) is 12.6. The van der Waals surface area contributed by atoms with E-state index in [0.29, 0.717) is 16.6 Å². The average molecular weight is 374 g/mol. The molecule has 0 unspecified atom stereocenters. The van der Waals surface area contributed by atoms with Crippen LogP contribution in [0.5, 0.6) is 0 Å². The number of likely N-dealkylation sites (tertiary alicyclic amines) is 1. The van der Waals surface area contributed by atoms with Gasteiger partial charge in [0.25, 0.3) is 11.6 Å². The zero-order valence-corrected chi connectivity index (χ0v) is 15.5. The number of aromatic nitrogens is 1. The Morgan fingerprint density at radius 3 is 2.65 bits per heavy atom. The molecule has 1 aliphatic heterocycles. The molecule has 138 valence electrons. The van der Waals surface area contributed by atoms with Gasteiger partial charge in [-0.05, 0) is 44.0 Å². The molecule has 0 atom stereocenters. The van der Waals surface area contributed by atoms with Crippen LogP contribution >= 0.6 is 11.3 Å². The number of piperidine rings is 1. The largest absolute Gasteiger partial charge is 0.337 e. The lowest BCUT2D eigenvalue weighted by Crippen LogP contribution is -2.40. The van der Waals surface area contributed by atoms with Crippen molar-refractivity contribution in [2.75, 3.05) is 26.2 Å². The van der Waals surface area contributed by atoms with E-state index in [-0.39, 0.29) is 11.6 Å². The Bertz CT molecular complexity index is 767. The molecule has 0 radical (unpaired) electrons. The van der Waals surface area contributed by atoms with E-state index < -0.39 is 4.92 Å². The molecule has 26 heavy (non-hydrogen) atoms. The quantitative estimate of drug-likeness (QED) is 0.620. The highest BCUT2D eigenvalue weighted by atomic mass is 32.1. The molecule has 1 N–H and O–H groups in total. The van der Waals surface area contributed by atoms with Crippen molar-refractivity contribution in [1.29, 1.82) is 0 Å². The molecule has 1 aromatic heterocycles. The molecule has 3 rings (SSSR count). The van der Waals surface area contributed by atoms with E-state index in [1.54, 1.807) is 17.5 Å². The molecular weight excluding hydrogens is 352 g/mol. The molecule has 1 amide bonds. The summed E-state index contributed by atoms with van der Waals surface area (Å²) in [6.07, 6.45) is 2.02. The van der Waals surface area contributed by atoms with Gasteiger partial charge in [-0.15, -0.1) is 11.3 Å². The topological polar surface area (TPSA) is 88.4 Å². The number of carbonyl (C=O) groups is 1. The molecule has 1 fully saturated rings. The van der Waals surface area contributed by atoms with Gasteiger partial charge in [0.05, 0.1) is 4.92 Å². The lowest BCUT2D eigenvalue weighted by atomic mass is 9.96. The van der Waals surface area contributed by atoms with Crippen LogP contribution in [0.2, 0.25) is 0 Å². The highest BCUT2D eigenvalue weighted by molar-refractivity contribution is 7.13. The number of amides is 1. The van der Waals surface area contributed by atoms with E-state index in [2.05, 4.69) is 17.2 Å². The molecule has 1 aromatic carbocycles. The van der Waals surface area contributed by atoms with Crippen molar-refractivity contribution < 1.29 is 9.72 Å². The van der Waals surface area contributed by atoms with E-state index in [9.17, 15) is 14.9 Å². The summed E-state index contributed by atoms with van der Waals surface area (Å²) in [6.45, 7) is 5.62. The first-order valence-corrected chi connectivity index (χ1v) is 9.66. The standard InChI is InChI=1S/C18H22N4O3S/c1-2-19-11-13-7-9-21(10-8-13)18(23)16-12-26-17(20-16)14-3-5-15(6-4-14)22(24)25/h3-6,12-13,19H,2,7-11H2,1H3. The van der Waals surface area contributed by atoms with Gasteiger partial charge in [0.15, 0.2) is 0 Å². The molecule has 0 bridgehead atoms. The summed E-state index contributed by atoms with van der Waals surface area (Å²) in [5.41, 5.74) is 1.28. The minimum Gasteiger partial charge on any atom is -0.337 e. The van der Waals surface area contributed by atoms with E-state index >= 15 is 0 Å². The molecule has 7 nitrogen and oxygen atoms in total. The van der Waals surface area contributed by atoms with Crippen molar-refractivity contribution in [2.24, 2.45) is 5.92 Å². The fourth-order valence-corrected chi connectivity index (χ4v) is 3.88. The number of hydrogen-bond acceptors (Lipinski definition) is 6. The molecule has 1 saturated heterocycles. The van der Waals surface area contributed by atoms with Crippen molar-refractivity contribution >= 4 is 22.9 Å². The summed E-state index contributed by atoms with van der Waals surface area (Å²) in [6, 6.07) is 6.23. The van der Waals surface area contributed by atoms with Gasteiger partial charge in [-0.3, -0.25) is 14.9 Å². The van der Waals surface area contributed by atoms with Crippen LogP contribution in [-0.4, -0.2) is 46.9 Å². The molecule has 2 heterocycles. The van der Waals surface area contributed by atoms with Crippen molar-refractivity contribution in [3.05, 3.63) is 45.5 Å². The Hall–Kier alpha value is -2.32. The molecule has 8 heteroatoms. The maximum absolute atomic E-state index is 12.7. The van der Waals surface area contributed by atoms with Gasteiger partial charge in [0.2, 0.25) is 0 Å². The van der Waals surface area contributed by atoms with Crippen LogP contribution in [-0.2, 0) is 0 Å². The van der Waals surface area contributed by atoms with Gasteiger partial charge in [0.1, 0.15) is 10.7 Å². The molecule has 1 aliphatic rings. The molecule has 0 spiro atoms. The first-order valence-electron chi connectivity index (χ1n) is 8.78. The van der Waals surface area contributed by atoms with Gasteiger partial charge in [0, 0.05) is 36.2 Å². The second-order valence-corrected chi connectivity index (χ2v) is 7.24. The summed E-state index contributed by atoms with van der Waals surface area (Å²) in [5.74, 6) is 0.599. The van der Waals surface area contributed by atoms with Gasteiger partial charge in [-0.1, -0.05) is 6.92 Å². The predicted molar refractivity (Wildman–Crippen MR) is 101 cm³/mol. The number of thiazole rings is 1. The fraction of sp³-hybridized carbons (Fsp3) is 0.444. The number of nitro benzene ring substituents is 1. The zero-order chi connectivity index (χ0) is 18.5. The zero-order valence-electron chi connectivity index (χ0n) is 14.7. The van der Waals surface area contributed by atoms with E-state index in [0.717, 1.165) is 44.6 Å². The first kappa shape index (κ1) is 18.5. The van der Waals surface area contributed by atoms with Crippen molar-refractivity contribution in [2.45, 2.75) is 19.8 Å². The maximum atomic E-state index is 12.7. The molecule has 0 saturated carbocycles. The van der Waals surface area contributed by atoms with Crippen LogP contribution in [0.3, 0.4) is 0 Å². The molecule has 0 aliphatic carbocycles. The van der Waals surface area contributed by atoms with Crippen LogP contribution in [0.15, 0.2) is 29.6 Å². The minimum absolute atomic E-state index is 0.0312. The number of nitrogens with one attached hydrogen (secondary N) is 1. The third kappa shape index (κ3) is 4.25. The number of nitrogens with zero attached hydrogens (tertiary/aromatic N) is 3. The summed E-state index contributed by atoms with van der Waals surface area (Å²) in [7, 11) is 0. The summed E-state index contributed by atoms with van der Waals surface area (Å²) in [4.78, 5) is 29.3. The van der Waals surface area contributed by atoms with Crippen molar-refractivity contribution in [1.82, 2.24) is 15.2 Å². The van der Waals surface area contributed by atoms with E-state index in [4.69, 9.17) is 0 Å².